The van der Waals surface area contributed by atoms with Crippen molar-refractivity contribution in [3.8, 4) is 0 Å². The maximum atomic E-state index is 5.50. The minimum absolute atomic E-state index is 0. The fourth-order valence-corrected chi connectivity index (χ4v) is 3.39. The molecule has 1 fully saturated rings. The number of fused-ring (bicyclic) bond motifs is 1. The lowest BCUT2D eigenvalue weighted by atomic mass is 9.98. The van der Waals surface area contributed by atoms with E-state index in [4.69, 9.17) is 4.74 Å². The summed E-state index contributed by atoms with van der Waals surface area (Å²) in [7, 11) is 0. The Kier molecular flexibility index (Phi) is 4.65. The van der Waals surface area contributed by atoms with Crippen molar-refractivity contribution in [2.24, 2.45) is 5.92 Å². The second kappa shape index (κ2) is 7.23. The first kappa shape index (κ1) is 16.1. The fourth-order valence-electron chi connectivity index (χ4n) is 3.39. The number of hydrogen-bond donors (Lipinski definition) is 1. The van der Waals surface area contributed by atoms with Crippen molar-refractivity contribution < 1.29 is 6.16 Å². The maximum absolute atomic E-state index is 5.50. The van der Waals surface area contributed by atoms with Crippen molar-refractivity contribution in [3.63, 3.8) is 0 Å². The number of allylic oxidation sites excluding steroid dienone is 2. The Morgan fingerprint density at radius 2 is 2.00 bits per heavy atom. The van der Waals surface area contributed by atoms with Crippen molar-refractivity contribution in [1.29, 1.82) is 0 Å². The van der Waals surface area contributed by atoms with Crippen LogP contribution >= 0.6 is 0 Å². The van der Waals surface area contributed by atoms with Crippen LogP contribution in [-0.4, -0.2) is 41.2 Å². The Bertz CT molecular complexity index is 814. The Labute approximate surface area is 149 Å². The number of benzene rings is 1. The van der Waals surface area contributed by atoms with Crippen LogP contribution in [0.4, 0.5) is 0 Å². The van der Waals surface area contributed by atoms with Crippen LogP contribution in [0.2, 0.25) is 0 Å². The van der Waals surface area contributed by atoms with Gasteiger partial charge >= 0.3 is 0 Å². The van der Waals surface area contributed by atoms with E-state index in [0.29, 0.717) is 5.92 Å². The number of morpholine rings is 1. The van der Waals surface area contributed by atoms with Crippen LogP contribution in [0.15, 0.2) is 54.1 Å². The monoisotopic (exact) mass is 338 g/mol. The summed E-state index contributed by atoms with van der Waals surface area (Å²) < 4.78 is 5.50. The summed E-state index contributed by atoms with van der Waals surface area (Å²) in [5, 5.41) is 3.63. The first-order chi connectivity index (χ1) is 12.3. The molecule has 5 nitrogen and oxygen atoms in total. The van der Waals surface area contributed by atoms with E-state index in [9.17, 15) is 0 Å². The zero-order chi connectivity index (χ0) is 17.1. The molecule has 5 heteroatoms. The van der Waals surface area contributed by atoms with Gasteiger partial charge in [0.1, 0.15) is 0 Å². The number of ether oxygens (including phenoxy) is 1. The highest BCUT2D eigenvalue weighted by Crippen LogP contribution is 2.25. The minimum atomic E-state index is 0. The predicted octanol–water partition coefficient (Wildman–Crippen LogP) is 3.11. The van der Waals surface area contributed by atoms with Gasteiger partial charge in [-0.1, -0.05) is 25.1 Å². The molecule has 1 aliphatic carbocycles. The zero-order valence-corrected chi connectivity index (χ0v) is 14.6. The van der Waals surface area contributed by atoms with Gasteiger partial charge in [-0.3, -0.25) is 9.97 Å². The van der Waals surface area contributed by atoms with Gasteiger partial charge in [0, 0.05) is 33.5 Å². The molecule has 1 unspecified atom stereocenters. The summed E-state index contributed by atoms with van der Waals surface area (Å²) in [6, 6.07) is 6.27. The highest BCUT2D eigenvalue weighted by molar-refractivity contribution is 5.74. The van der Waals surface area contributed by atoms with E-state index in [2.05, 4.69) is 51.4 Å². The highest BCUT2D eigenvalue weighted by Gasteiger charge is 2.20. The molecule has 25 heavy (non-hydrogen) atoms. The van der Waals surface area contributed by atoms with Gasteiger partial charge in [0.25, 0.3) is 0 Å². The van der Waals surface area contributed by atoms with Gasteiger partial charge < -0.3 is 15.0 Å². The van der Waals surface area contributed by atoms with Crippen LogP contribution in [-0.2, 0) is 11.3 Å². The SMILES string of the molecule is CC1C=C(N2CCOCC2)C(NCc2ccc3nccnc3c2)=CC1.[HH]. The van der Waals surface area contributed by atoms with Crippen LogP contribution in [0.1, 0.15) is 20.3 Å². The lowest BCUT2D eigenvalue weighted by molar-refractivity contribution is 0.0538. The van der Waals surface area contributed by atoms with Crippen molar-refractivity contribution in [1.82, 2.24) is 20.2 Å². The first-order valence-electron chi connectivity index (χ1n) is 8.98. The van der Waals surface area contributed by atoms with Gasteiger partial charge in [-0.2, -0.15) is 0 Å². The third kappa shape index (κ3) is 3.66. The molecule has 1 aliphatic heterocycles. The molecule has 1 N–H and O–H groups in total. The summed E-state index contributed by atoms with van der Waals surface area (Å²) in [5.41, 5.74) is 5.65. The molecule has 4 rings (SSSR count). The largest absolute Gasteiger partial charge is 0.380 e. The fraction of sp³-hybridized carbons (Fsp3) is 0.400. The number of hydrogen-bond acceptors (Lipinski definition) is 5. The number of nitrogens with zero attached hydrogens (tertiary/aromatic N) is 3. The number of nitrogens with one attached hydrogen (secondary N) is 1. The van der Waals surface area contributed by atoms with Crippen LogP contribution in [0.3, 0.4) is 0 Å². The molecule has 0 saturated carbocycles. The third-order valence-corrected chi connectivity index (χ3v) is 4.78. The molecular weight excluding hydrogens is 312 g/mol. The highest BCUT2D eigenvalue weighted by atomic mass is 16.5. The van der Waals surface area contributed by atoms with Crippen molar-refractivity contribution in [3.05, 3.63) is 59.7 Å². The second-order valence-electron chi connectivity index (χ2n) is 6.72. The van der Waals surface area contributed by atoms with E-state index in [1.165, 1.54) is 17.0 Å². The van der Waals surface area contributed by atoms with Gasteiger partial charge in [0.2, 0.25) is 0 Å². The van der Waals surface area contributed by atoms with Crippen molar-refractivity contribution in [2.75, 3.05) is 26.3 Å². The predicted molar refractivity (Wildman–Crippen MR) is 101 cm³/mol. The van der Waals surface area contributed by atoms with Crippen LogP contribution in [0.25, 0.3) is 11.0 Å². The van der Waals surface area contributed by atoms with Crippen molar-refractivity contribution in [2.45, 2.75) is 19.9 Å². The maximum Gasteiger partial charge on any atom is 0.0890 e. The van der Waals surface area contributed by atoms with E-state index in [0.717, 1.165) is 50.3 Å². The van der Waals surface area contributed by atoms with E-state index in [1.807, 2.05) is 6.07 Å². The molecule has 1 saturated heterocycles. The standard InChI is InChI=1S/C20H24N4O.H2/c1-15-2-4-18(20(12-15)24-8-10-25-11-9-24)23-14-16-3-5-17-19(13-16)22-7-6-21-17;/h3-7,12-13,15,23H,2,8-11,14H2,1H3;1H. The average Bonchev–Trinajstić information content (AvgIpc) is 2.67. The lowest BCUT2D eigenvalue weighted by Crippen LogP contribution is -2.38. The molecule has 1 atom stereocenters. The summed E-state index contributed by atoms with van der Waals surface area (Å²) in [6.07, 6.45) is 9.27. The Morgan fingerprint density at radius 3 is 2.84 bits per heavy atom. The molecule has 1 aromatic heterocycles. The smallest absolute Gasteiger partial charge is 0.0890 e. The third-order valence-electron chi connectivity index (χ3n) is 4.78. The quantitative estimate of drug-likeness (QED) is 0.928. The van der Waals surface area contributed by atoms with Crippen LogP contribution in [0.5, 0.6) is 0 Å². The Balaban J connectivity index is 0.00000196. The van der Waals surface area contributed by atoms with E-state index in [-0.39, 0.29) is 1.43 Å². The van der Waals surface area contributed by atoms with Gasteiger partial charge in [-0.15, -0.1) is 0 Å². The molecule has 0 radical (unpaired) electrons. The summed E-state index contributed by atoms with van der Waals surface area (Å²) in [6.45, 7) is 6.60. The molecule has 2 aromatic rings. The average molecular weight is 338 g/mol. The van der Waals surface area contributed by atoms with E-state index < -0.39 is 0 Å². The van der Waals surface area contributed by atoms with Crippen molar-refractivity contribution >= 4 is 11.0 Å². The molecule has 0 spiro atoms. The van der Waals surface area contributed by atoms with Gasteiger partial charge in [-0.25, -0.2) is 0 Å². The normalized spacial score (nSPS) is 21.0. The molecule has 2 aliphatic rings. The van der Waals surface area contributed by atoms with Gasteiger partial charge in [0.15, 0.2) is 0 Å². The van der Waals surface area contributed by atoms with E-state index >= 15 is 0 Å². The summed E-state index contributed by atoms with van der Waals surface area (Å²) >= 11 is 0. The molecule has 2 heterocycles. The van der Waals surface area contributed by atoms with Gasteiger partial charge in [0.05, 0.1) is 35.6 Å². The first-order valence-corrected chi connectivity index (χ1v) is 8.98. The molecule has 1 aromatic carbocycles. The number of aromatic nitrogens is 2. The molecular formula is C20H26N4O. The number of rotatable bonds is 4. The summed E-state index contributed by atoms with van der Waals surface area (Å²) in [4.78, 5) is 11.2. The topological polar surface area (TPSA) is 50.3 Å². The Hall–Kier alpha value is -2.40. The molecule has 0 bridgehead atoms. The molecule has 132 valence electrons. The Morgan fingerprint density at radius 1 is 1.20 bits per heavy atom. The zero-order valence-electron chi connectivity index (χ0n) is 14.6. The second-order valence-corrected chi connectivity index (χ2v) is 6.72. The van der Waals surface area contributed by atoms with Crippen LogP contribution < -0.4 is 5.32 Å². The minimum Gasteiger partial charge on any atom is -0.380 e. The molecule has 0 amide bonds. The van der Waals surface area contributed by atoms with Crippen LogP contribution in [0, 0.1) is 5.92 Å². The summed E-state index contributed by atoms with van der Waals surface area (Å²) in [5.74, 6) is 0.583. The lowest BCUT2D eigenvalue weighted by Gasteiger charge is -2.34. The van der Waals surface area contributed by atoms with Gasteiger partial charge in [-0.05, 0) is 30.0 Å². The van der Waals surface area contributed by atoms with E-state index in [1.54, 1.807) is 12.4 Å².